The highest BCUT2D eigenvalue weighted by molar-refractivity contribution is 5.77. The lowest BCUT2D eigenvalue weighted by Gasteiger charge is -2.28. The van der Waals surface area contributed by atoms with E-state index in [1.54, 1.807) is 0 Å². The second-order valence-corrected chi connectivity index (χ2v) is 4.36. The average Bonchev–Trinajstić information content (AvgIpc) is 2.63. The van der Waals surface area contributed by atoms with Gasteiger partial charge in [-0.1, -0.05) is 0 Å². The average molecular weight is 214 g/mol. The molecule has 0 aromatic heterocycles. The van der Waals surface area contributed by atoms with Crippen molar-refractivity contribution in [2.45, 2.75) is 38.8 Å². The van der Waals surface area contributed by atoms with Crippen LogP contribution < -0.4 is 5.32 Å². The zero-order chi connectivity index (χ0) is 11.3. The van der Waals surface area contributed by atoms with Crippen molar-refractivity contribution in [1.82, 2.24) is 10.2 Å². The first-order valence-electron chi connectivity index (χ1n) is 5.66. The minimum atomic E-state index is -0.0203. The molecule has 0 aliphatic carbocycles. The van der Waals surface area contributed by atoms with E-state index in [0.29, 0.717) is 12.1 Å². The number of rotatable bonds is 5. The molecule has 0 spiro atoms. The number of carbonyl (C=O) groups is 1. The van der Waals surface area contributed by atoms with Gasteiger partial charge in [0.15, 0.2) is 0 Å². The quantitative estimate of drug-likeness (QED) is 0.729. The summed E-state index contributed by atoms with van der Waals surface area (Å²) in [6, 6.07) is 1.07. The number of methoxy groups -OCH3 is 1. The van der Waals surface area contributed by atoms with Crippen molar-refractivity contribution in [2.24, 2.45) is 0 Å². The van der Waals surface area contributed by atoms with Crippen LogP contribution in [0.1, 0.15) is 26.7 Å². The van der Waals surface area contributed by atoms with Gasteiger partial charge in [0, 0.05) is 25.7 Å². The molecule has 0 aromatic carbocycles. The van der Waals surface area contributed by atoms with Gasteiger partial charge in [-0.25, -0.2) is 0 Å². The van der Waals surface area contributed by atoms with Crippen molar-refractivity contribution in [3.8, 4) is 0 Å². The van der Waals surface area contributed by atoms with E-state index in [1.807, 2.05) is 0 Å². The zero-order valence-electron chi connectivity index (χ0n) is 9.95. The molecule has 0 unspecified atom stereocenters. The Labute approximate surface area is 92.0 Å². The van der Waals surface area contributed by atoms with Gasteiger partial charge in [-0.15, -0.1) is 0 Å². The highest BCUT2D eigenvalue weighted by Gasteiger charge is 2.26. The number of ether oxygens (including phenoxy) is 1. The van der Waals surface area contributed by atoms with E-state index >= 15 is 0 Å². The molecule has 1 aliphatic heterocycles. The van der Waals surface area contributed by atoms with E-state index in [2.05, 4.69) is 24.1 Å². The van der Waals surface area contributed by atoms with E-state index in [9.17, 15) is 4.79 Å². The van der Waals surface area contributed by atoms with Crippen LogP contribution in [0.3, 0.4) is 0 Å². The molecule has 4 nitrogen and oxygen atoms in total. The molecule has 0 radical (unpaired) electrons. The largest absolute Gasteiger partial charge is 0.375 e. The minimum absolute atomic E-state index is 0.0203. The topological polar surface area (TPSA) is 41.6 Å². The Balaban J connectivity index is 2.28. The van der Waals surface area contributed by atoms with Crippen LogP contribution in [0.5, 0.6) is 0 Å². The Morgan fingerprint density at radius 3 is 2.93 bits per heavy atom. The van der Waals surface area contributed by atoms with Crippen molar-refractivity contribution < 1.29 is 9.53 Å². The molecule has 1 N–H and O–H groups in total. The summed E-state index contributed by atoms with van der Waals surface area (Å²) in [5.41, 5.74) is 0. The highest BCUT2D eigenvalue weighted by Crippen LogP contribution is 2.18. The lowest BCUT2D eigenvalue weighted by Crippen LogP contribution is -2.43. The predicted octanol–water partition coefficient (Wildman–Crippen LogP) is 0.622. The monoisotopic (exact) mass is 214 g/mol. The van der Waals surface area contributed by atoms with Gasteiger partial charge in [0.25, 0.3) is 0 Å². The third kappa shape index (κ3) is 3.80. The number of likely N-dealkylation sites (tertiary alicyclic amines) is 1. The molecule has 4 heteroatoms. The van der Waals surface area contributed by atoms with E-state index in [0.717, 1.165) is 13.1 Å². The van der Waals surface area contributed by atoms with Gasteiger partial charge in [-0.05, 0) is 33.2 Å². The molecule has 1 fully saturated rings. The summed E-state index contributed by atoms with van der Waals surface area (Å²) >= 11 is 0. The third-order valence-corrected chi connectivity index (χ3v) is 2.90. The van der Waals surface area contributed by atoms with Crippen LogP contribution in [0.4, 0.5) is 0 Å². The number of nitrogens with zero attached hydrogens (tertiary/aromatic N) is 1. The van der Waals surface area contributed by atoms with Crippen molar-refractivity contribution >= 4 is 5.91 Å². The molecule has 1 aliphatic rings. The van der Waals surface area contributed by atoms with Crippen LogP contribution in [0.25, 0.3) is 0 Å². The van der Waals surface area contributed by atoms with Gasteiger partial charge in [0.05, 0.1) is 0 Å². The number of hydrogen-bond donors (Lipinski definition) is 1. The SMILES string of the molecule is COCC(=O)NC[C@@H]1CCCN1C(C)C. The molecule has 1 rings (SSSR count). The van der Waals surface area contributed by atoms with Crippen molar-refractivity contribution in [2.75, 3.05) is 26.8 Å². The van der Waals surface area contributed by atoms with Crippen LogP contribution in [0.2, 0.25) is 0 Å². The smallest absolute Gasteiger partial charge is 0.246 e. The van der Waals surface area contributed by atoms with Crippen LogP contribution in [-0.2, 0) is 9.53 Å². The summed E-state index contributed by atoms with van der Waals surface area (Å²) in [5, 5.41) is 2.90. The van der Waals surface area contributed by atoms with Gasteiger partial charge in [0.2, 0.25) is 5.91 Å². The van der Waals surface area contributed by atoms with E-state index in [4.69, 9.17) is 4.74 Å². The van der Waals surface area contributed by atoms with Gasteiger partial charge in [-0.2, -0.15) is 0 Å². The van der Waals surface area contributed by atoms with E-state index in [1.165, 1.54) is 20.0 Å². The third-order valence-electron chi connectivity index (χ3n) is 2.90. The molecule has 1 atom stereocenters. The first-order valence-corrected chi connectivity index (χ1v) is 5.66. The van der Waals surface area contributed by atoms with Crippen molar-refractivity contribution in [3.05, 3.63) is 0 Å². The minimum Gasteiger partial charge on any atom is -0.375 e. The maximum Gasteiger partial charge on any atom is 0.246 e. The van der Waals surface area contributed by atoms with Gasteiger partial charge in [-0.3, -0.25) is 9.69 Å². The molecular weight excluding hydrogens is 192 g/mol. The molecule has 0 saturated carbocycles. The summed E-state index contributed by atoms with van der Waals surface area (Å²) in [7, 11) is 1.54. The standard InChI is InChI=1S/C11H22N2O2/c1-9(2)13-6-4-5-10(13)7-12-11(14)8-15-3/h9-10H,4-8H2,1-3H3,(H,12,14)/t10-/m0/s1. The number of amides is 1. The van der Waals surface area contributed by atoms with E-state index in [-0.39, 0.29) is 12.5 Å². The molecule has 15 heavy (non-hydrogen) atoms. The Hall–Kier alpha value is -0.610. The van der Waals surface area contributed by atoms with E-state index < -0.39 is 0 Å². The van der Waals surface area contributed by atoms with Crippen LogP contribution >= 0.6 is 0 Å². The number of carbonyl (C=O) groups excluding carboxylic acids is 1. The summed E-state index contributed by atoms with van der Waals surface area (Å²) in [5.74, 6) is -0.0203. The fourth-order valence-electron chi connectivity index (χ4n) is 2.17. The lowest BCUT2D eigenvalue weighted by molar-refractivity contribution is -0.124. The van der Waals surface area contributed by atoms with Crippen LogP contribution in [0.15, 0.2) is 0 Å². The summed E-state index contributed by atoms with van der Waals surface area (Å²) < 4.78 is 4.77. The van der Waals surface area contributed by atoms with Gasteiger partial charge in [0.1, 0.15) is 6.61 Å². The van der Waals surface area contributed by atoms with Gasteiger partial charge >= 0.3 is 0 Å². The van der Waals surface area contributed by atoms with Crippen LogP contribution in [0, 0.1) is 0 Å². The Morgan fingerprint density at radius 1 is 1.60 bits per heavy atom. The van der Waals surface area contributed by atoms with Crippen LogP contribution in [-0.4, -0.2) is 49.7 Å². The normalized spacial score (nSPS) is 22.3. The Bertz CT molecular complexity index is 207. The second kappa shape index (κ2) is 6.08. The molecule has 0 bridgehead atoms. The highest BCUT2D eigenvalue weighted by atomic mass is 16.5. The summed E-state index contributed by atoms with van der Waals surface area (Å²) in [6.07, 6.45) is 2.43. The fraction of sp³-hybridized carbons (Fsp3) is 0.909. The number of nitrogens with one attached hydrogen (secondary N) is 1. The lowest BCUT2D eigenvalue weighted by atomic mass is 10.2. The first kappa shape index (κ1) is 12.5. The fourth-order valence-corrected chi connectivity index (χ4v) is 2.17. The molecule has 88 valence electrons. The second-order valence-electron chi connectivity index (χ2n) is 4.36. The van der Waals surface area contributed by atoms with Gasteiger partial charge < -0.3 is 10.1 Å². The zero-order valence-corrected chi connectivity index (χ0v) is 9.95. The van der Waals surface area contributed by atoms with Crippen molar-refractivity contribution in [1.29, 1.82) is 0 Å². The first-order chi connectivity index (χ1) is 7.15. The molecule has 1 amide bonds. The summed E-state index contributed by atoms with van der Waals surface area (Å²) in [4.78, 5) is 13.7. The molecular formula is C11H22N2O2. The Kier molecular flexibility index (Phi) is 5.05. The maximum atomic E-state index is 11.2. The molecule has 0 aromatic rings. The maximum absolute atomic E-state index is 11.2. The predicted molar refractivity (Wildman–Crippen MR) is 59.7 cm³/mol. The molecule has 1 heterocycles. The Morgan fingerprint density at radius 2 is 2.33 bits per heavy atom. The number of hydrogen-bond acceptors (Lipinski definition) is 3. The summed E-state index contributed by atoms with van der Waals surface area (Å²) in [6.45, 7) is 6.47. The molecule has 1 saturated heterocycles. The van der Waals surface area contributed by atoms with Crippen molar-refractivity contribution in [3.63, 3.8) is 0 Å².